The van der Waals surface area contributed by atoms with Crippen LogP contribution in [0.3, 0.4) is 0 Å². The summed E-state index contributed by atoms with van der Waals surface area (Å²) in [6, 6.07) is 5.41. The standard InChI is InChI=1S/C30H47N3O4/c1-10-14-20-33(28(35)25(21(5)12-3)32-29(36)37-30(7,8)9)26(27(34)31-22(6)15-11-2)24-18-16-23(13-4)17-19-24/h4,16-19,21-22,25-26H,10-12,14-15,20H2,1-3,5-9H3,(H,31,34)(H,32,36). The highest BCUT2D eigenvalue weighted by Gasteiger charge is 2.38. The third-order valence-corrected chi connectivity index (χ3v) is 6.25. The highest BCUT2D eigenvalue weighted by atomic mass is 16.6. The smallest absolute Gasteiger partial charge is 0.408 e. The summed E-state index contributed by atoms with van der Waals surface area (Å²) in [4.78, 5) is 42.2. The number of amides is 3. The summed E-state index contributed by atoms with van der Waals surface area (Å²) in [6.45, 7) is 15.6. The van der Waals surface area contributed by atoms with Crippen LogP contribution in [0.5, 0.6) is 0 Å². The molecule has 0 radical (unpaired) electrons. The van der Waals surface area contributed by atoms with Gasteiger partial charge in [0.15, 0.2) is 0 Å². The number of hydrogen-bond donors (Lipinski definition) is 2. The molecule has 0 aliphatic carbocycles. The summed E-state index contributed by atoms with van der Waals surface area (Å²) in [5.74, 6) is 1.87. The van der Waals surface area contributed by atoms with Crippen molar-refractivity contribution in [2.75, 3.05) is 6.54 Å². The Labute approximate surface area is 224 Å². The van der Waals surface area contributed by atoms with Crippen molar-refractivity contribution < 1.29 is 19.1 Å². The highest BCUT2D eigenvalue weighted by molar-refractivity contribution is 5.92. The molecule has 4 unspecified atom stereocenters. The number of carbonyl (C=O) groups is 3. The fourth-order valence-corrected chi connectivity index (χ4v) is 4.05. The van der Waals surface area contributed by atoms with Crippen molar-refractivity contribution in [1.82, 2.24) is 15.5 Å². The van der Waals surface area contributed by atoms with E-state index in [0.29, 0.717) is 30.5 Å². The zero-order chi connectivity index (χ0) is 28.2. The summed E-state index contributed by atoms with van der Waals surface area (Å²) >= 11 is 0. The Morgan fingerprint density at radius 1 is 1.03 bits per heavy atom. The number of nitrogens with zero attached hydrogens (tertiary/aromatic N) is 1. The second-order valence-corrected chi connectivity index (χ2v) is 10.8. The Morgan fingerprint density at radius 2 is 1.65 bits per heavy atom. The first kappa shape index (κ1) is 32.0. The maximum absolute atomic E-state index is 14.1. The fraction of sp³-hybridized carbons (Fsp3) is 0.633. The second-order valence-electron chi connectivity index (χ2n) is 10.8. The molecule has 0 aliphatic heterocycles. The molecule has 7 nitrogen and oxygen atoms in total. The molecule has 1 aromatic rings. The van der Waals surface area contributed by atoms with Crippen molar-refractivity contribution in [2.24, 2.45) is 5.92 Å². The predicted octanol–water partition coefficient (Wildman–Crippen LogP) is 5.58. The molecule has 7 heteroatoms. The lowest BCUT2D eigenvalue weighted by molar-refractivity contribution is -0.143. The summed E-state index contributed by atoms with van der Waals surface area (Å²) in [5, 5.41) is 5.88. The number of hydrogen-bond acceptors (Lipinski definition) is 4. The molecule has 0 saturated carbocycles. The van der Waals surface area contributed by atoms with E-state index in [9.17, 15) is 14.4 Å². The number of benzene rings is 1. The molecular weight excluding hydrogens is 466 g/mol. The average Bonchev–Trinajstić information content (AvgIpc) is 2.83. The van der Waals surface area contributed by atoms with Crippen molar-refractivity contribution in [1.29, 1.82) is 0 Å². The van der Waals surface area contributed by atoms with Gasteiger partial charge in [-0.25, -0.2) is 4.79 Å². The molecule has 1 rings (SSSR count). The molecule has 0 aliphatic rings. The van der Waals surface area contributed by atoms with Crippen LogP contribution in [-0.2, 0) is 14.3 Å². The Kier molecular flexibility index (Phi) is 13.2. The lowest BCUT2D eigenvalue weighted by Gasteiger charge is -2.36. The highest BCUT2D eigenvalue weighted by Crippen LogP contribution is 2.26. The zero-order valence-electron chi connectivity index (χ0n) is 24.0. The molecule has 0 fully saturated rings. The van der Waals surface area contributed by atoms with E-state index >= 15 is 0 Å². The SMILES string of the molecule is C#Cc1ccc(C(C(=O)NC(C)CCC)N(CCCC)C(=O)C(NC(=O)OC(C)(C)C)C(C)CC)cc1. The van der Waals surface area contributed by atoms with Crippen LogP contribution in [0.1, 0.15) is 105 Å². The van der Waals surface area contributed by atoms with E-state index in [-0.39, 0.29) is 23.8 Å². The summed E-state index contributed by atoms with van der Waals surface area (Å²) < 4.78 is 5.45. The van der Waals surface area contributed by atoms with Gasteiger partial charge in [0.25, 0.3) is 0 Å². The largest absolute Gasteiger partial charge is 0.444 e. The van der Waals surface area contributed by atoms with Crippen LogP contribution < -0.4 is 10.6 Å². The molecule has 0 spiro atoms. The molecule has 3 amide bonds. The van der Waals surface area contributed by atoms with Crippen LogP contribution in [0.25, 0.3) is 0 Å². The van der Waals surface area contributed by atoms with Crippen molar-refractivity contribution in [3.05, 3.63) is 35.4 Å². The van der Waals surface area contributed by atoms with E-state index in [0.717, 1.165) is 19.3 Å². The molecule has 2 N–H and O–H groups in total. The monoisotopic (exact) mass is 513 g/mol. The van der Waals surface area contributed by atoms with Gasteiger partial charge in [-0.05, 0) is 64.2 Å². The molecule has 1 aromatic carbocycles. The molecule has 206 valence electrons. The van der Waals surface area contributed by atoms with Crippen molar-refractivity contribution >= 4 is 17.9 Å². The second kappa shape index (κ2) is 15.3. The Hall–Kier alpha value is -3.01. The minimum Gasteiger partial charge on any atom is -0.444 e. The molecule has 37 heavy (non-hydrogen) atoms. The summed E-state index contributed by atoms with van der Waals surface area (Å²) in [6.07, 6.45) is 8.85. The van der Waals surface area contributed by atoms with Crippen LogP contribution in [0.15, 0.2) is 24.3 Å². The van der Waals surface area contributed by atoms with E-state index in [1.165, 1.54) is 0 Å². The molecule has 4 atom stereocenters. The van der Waals surface area contributed by atoms with E-state index in [1.54, 1.807) is 49.9 Å². The number of unbranched alkanes of at least 4 members (excludes halogenated alkanes) is 1. The van der Waals surface area contributed by atoms with E-state index in [2.05, 4.69) is 23.5 Å². The lowest BCUT2D eigenvalue weighted by Crippen LogP contribution is -2.55. The average molecular weight is 514 g/mol. The van der Waals surface area contributed by atoms with E-state index in [4.69, 9.17) is 11.2 Å². The fourth-order valence-electron chi connectivity index (χ4n) is 4.05. The van der Waals surface area contributed by atoms with Gasteiger partial charge in [-0.3, -0.25) is 9.59 Å². The first-order valence-electron chi connectivity index (χ1n) is 13.5. The number of alkyl carbamates (subject to hydrolysis) is 1. The van der Waals surface area contributed by atoms with Gasteiger partial charge >= 0.3 is 6.09 Å². The van der Waals surface area contributed by atoms with Crippen molar-refractivity contribution in [3.8, 4) is 12.3 Å². The van der Waals surface area contributed by atoms with Gasteiger partial charge in [0, 0.05) is 18.2 Å². The van der Waals surface area contributed by atoms with Crippen LogP contribution in [-0.4, -0.2) is 47.0 Å². The van der Waals surface area contributed by atoms with Gasteiger partial charge in [-0.15, -0.1) is 6.42 Å². The maximum atomic E-state index is 14.1. The van der Waals surface area contributed by atoms with Crippen LogP contribution in [0.4, 0.5) is 4.79 Å². The third-order valence-electron chi connectivity index (χ3n) is 6.25. The van der Waals surface area contributed by atoms with Gasteiger partial charge < -0.3 is 20.3 Å². The topological polar surface area (TPSA) is 87.7 Å². The lowest BCUT2D eigenvalue weighted by atomic mass is 9.95. The van der Waals surface area contributed by atoms with Crippen LogP contribution >= 0.6 is 0 Å². The van der Waals surface area contributed by atoms with Crippen LogP contribution in [0, 0.1) is 18.3 Å². The Bertz CT molecular complexity index is 914. The molecule has 0 saturated heterocycles. The van der Waals surface area contributed by atoms with Crippen molar-refractivity contribution in [3.63, 3.8) is 0 Å². The number of carbonyl (C=O) groups excluding carboxylic acids is 3. The van der Waals surface area contributed by atoms with Gasteiger partial charge in [0.1, 0.15) is 17.7 Å². The van der Waals surface area contributed by atoms with Crippen LogP contribution in [0.2, 0.25) is 0 Å². The first-order chi connectivity index (χ1) is 17.4. The van der Waals surface area contributed by atoms with Gasteiger partial charge in [0.05, 0.1) is 0 Å². The zero-order valence-corrected chi connectivity index (χ0v) is 24.0. The molecule has 0 bridgehead atoms. The summed E-state index contributed by atoms with van der Waals surface area (Å²) in [7, 11) is 0. The van der Waals surface area contributed by atoms with Gasteiger partial charge in [-0.1, -0.05) is 65.0 Å². The van der Waals surface area contributed by atoms with Gasteiger partial charge in [0.2, 0.25) is 11.8 Å². The molecular formula is C30H47N3O4. The summed E-state index contributed by atoms with van der Waals surface area (Å²) in [5.41, 5.74) is 0.661. The predicted molar refractivity (Wildman–Crippen MR) is 149 cm³/mol. The quantitative estimate of drug-likeness (QED) is 0.337. The first-order valence-corrected chi connectivity index (χ1v) is 13.5. The number of ether oxygens (including phenoxy) is 1. The normalized spacial score (nSPS) is 14.5. The van der Waals surface area contributed by atoms with Crippen molar-refractivity contribution in [2.45, 2.75) is 111 Å². The number of nitrogens with one attached hydrogen (secondary N) is 2. The third kappa shape index (κ3) is 10.5. The molecule has 0 aromatic heterocycles. The Balaban J connectivity index is 3.52. The van der Waals surface area contributed by atoms with E-state index < -0.39 is 23.8 Å². The minimum absolute atomic E-state index is 0.0432. The molecule has 0 heterocycles. The number of rotatable bonds is 13. The maximum Gasteiger partial charge on any atom is 0.408 e. The minimum atomic E-state index is -0.864. The van der Waals surface area contributed by atoms with Gasteiger partial charge in [-0.2, -0.15) is 0 Å². The van der Waals surface area contributed by atoms with E-state index in [1.807, 2.05) is 27.7 Å². The number of terminal acetylenes is 1. The Morgan fingerprint density at radius 3 is 2.14 bits per heavy atom.